The number of nitrogens with zero attached hydrogens (tertiary/aromatic N) is 2. The molecule has 0 spiro atoms. The van der Waals surface area contributed by atoms with Gasteiger partial charge in [-0.15, -0.1) is 0 Å². The van der Waals surface area contributed by atoms with E-state index in [1.807, 2.05) is 18.2 Å². The second kappa shape index (κ2) is 7.57. The number of hydrogen-bond donors (Lipinski definition) is 1. The standard InChI is InChI=1S/C17H20ClN3O3/c1-23-15-4-3-12-7-13(11-24-16(12)8-15)17(22)19-5-2-6-21-10-14(18)9-20-21/h3-4,8-10,13H,2,5-7,11H2,1H3,(H,19,22)/t13-/m1/s1. The molecule has 0 unspecified atom stereocenters. The Hall–Kier alpha value is -2.21. The van der Waals surface area contributed by atoms with Crippen LogP contribution in [0.25, 0.3) is 0 Å². The van der Waals surface area contributed by atoms with E-state index in [0.29, 0.717) is 24.6 Å². The predicted molar refractivity (Wildman–Crippen MR) is 90.5 cm³/mol. The summed E-state index contributed by atoms with van der Waals surface area (Å²) in [6.45, 7) is 1.71. The van der Waals surface area contributed by atoms with Crippen molar-refractivity contribution in [3.05, 3.63) is 41.2 Å². The average Bonchev–Trinajstić information content (AvgIpc) is 3.02. The normalized spacial score (nSPS) is 16.2. The van der Waals surface area contributed by atoms with Crippen molar-refractivity contribution in [1.29, 1.82) is 0 Å². The van der Waals surface area contributed by atoms with E-state index < -0.39 is 0 Å². The van der Waals surface area contributed by atoms with Crippen molar-refractivity contribution in [3.8, 4) is 11.5 Å². The maximum absolute atomic E-state index is 12.3. The monoisotopic (exact) mass is 349 g/mol. The summed E-state index contributed by atoms with van der Waals surface area (Å²) < 4.78 is 12.7. The van der Waals surface area contributed by atoms with Crippen LogP contribution >= 0.6 is 11.6 Å². The smallest absolute Gasteiger partial charge is 0.226 e. The van der Waals surface area contributed by atoms with E-state index in [-0.39, 0.29) is 11.8 Å². The molecule has 1 aliphatic rings. The van der Waals surface area contributed by atoms with Crippen LogP contribution in [0, 0.1) is 5.92 Å². The van der Waals surface area contributed by atoms with E-state index in [0.717, 1.165) is 30.0 Å². The zero-order chi connectivity index (χ0) is 16.9. The number of nitrogens with one attached hydrogen (secondary N) is 1. The van der Waals surface area contributed by atoms with Gasteiger partial charge in [0.15, 0.2) is 0 Å². The molecule has 3 rings (SSSR count). The lowest BCUT2D eigenvalue weighted by Gasteiger charge is -2.25. The first kappa shape index (κ1) is 16.6. The average molecular weight is 350 g/mol. The van der Waals surface area contributed by atoms with E-state index in [1.54, 1.807) is 24.2 Å². The van der Waals surface area contributed by atoms with Crippen LogP contribution < -0.4 is 14.8 Å². The number of carbonyl (C=O) groups excluding carboxylic acids is 1. The van der Waals surface area contributed by atoms with E-state index >= 15 is 0 Å². The molecule has 0 aliphatic carbocycles. The minimum atomic E-state index is -0.162. The Morgan fingerprint density at radius 1 is 1.54 bits per heavy atom. The summed E-state index contributed by atoms with van der Waals surface area (Å²) in [5.74, 6) is 1.42. The largest absolute Gasteiger partial charge is 0.497 e. The van der Waals surface area contributed by atoms with Crippen molar-refractivity contribution in [2.24, 2.45) is 5.92 Å². The van der Waals surface area contributed by atoms with E-state index in [4.69, 9.17) is 21.1 Å². The van der Waals surface area contributed by atoms with Crippen LogP contribution in [0.3, 0.4) is 0 Å². The van der Waals surface area contributed by atoms with Crippen molar-refractivity contribution in [1.82, 2.24) is 15.1 Å². The molecule has 6 nitrogen and oxygen atoms in total. The number of aromatic nitrogens is 2. The van der Waals surface area contributed by atoms with Crippen molar-refractivity contribution in [2.45, 2.75) is 19.4 Å². The second-order valence-corrected chi connectivity index (χ2v) is 6.19. The Bertz CT molecular complexity index is 717. The minimum absolute atomic E-state index is 0.0231. The molecule has 2 heterocycles. The van der Waals surface area contributed by atoms with Crippen LogP contribution in [0.15, 0.2) is 30.6 Å². The molecular formula is C17H20ClN3O3. The Morgan fingerprint density at radius 2 is 2.42 bits per heavy atom. The van der Waals surface area contributed by atoms with Gasteiger partial charge in [-0.1, -0.05) is 17.7 Å². The third kappa shape index (κ3) is 4.00. The van der Waals surface area contributed by atoms with Gasteiger partial charge in [-0.2, -0.15) is 5.10 Å². The zero-order valence-corrected chi connectivity index (χ0v) is 14.3. The number of rotatable bonds is 6. The number of benzene rings is 1. The molecule has 1 aromatic heterocycles. The number of hydrogen-bond acceptors (Lipinski definition) is 4. The van der Waals surface area contributed by atoms with Crippen molar-refractivity contribution < 1.29 is 14.3 Å². The topological polar surface area (TPSA) is 65.4 Å². The molecule has 0 bridgehead atoms. The number of ether oxygens (including phenoxy) is 2. The van der Waals surface area contributed by atoms with Crippen LogP contribution in [0.4, 0.5) is 0 Å². The molecule has 1 N–H and O–H groups in total. The molecular weight excluding hydrogens is 330 g/mol. The molecule has 128 valence electrons. The molecule has 0 fully saturated rings. The summed E-state index contributed by atoms with van der Waals surface area (Å²) in [4.78, 5) is 12.3. The van der Waals surface area contributed by atoms with Gasteiger partial charge in [-0.05, 0) is 24.5 Å². The number of fused-ring (bicyclic) bond motifs is 1. The van der Waals surface area contributed by atoms with Gasteiger partial charge in [0, 0.05) is 25.4 Å². The summed E-state index contributed by atoms with van der Waals surface area (Å²) in [6, 6.07) is 5.70. The molecule has 2 aromatic rings. The van der Waals surface area contributed by atoms with E-state index in [1.165, 1.54) is 0 Å². The van der Waals surface area contributed by atoms with E-state index in [2.05, 4.69) is 10.4 Å². The fourth-order valence-electron chi connectivity index (χ4n) is 2.71. The van der Waals surface area contributed by atoms with Crippen LogP contribution in [0.2, 0.25) is 5.02 Å². The van der Waals surface area contributed by atoms with Gasteiger partial charge in [0.05, 0.1) is 24.2 Å². The van der Waals surface area contributed by atoms with Crippen molar-refractivity contribution in [3.63, 3.8) is 0 Å². The number of halogens is 1. The fourth-order valence-corrected chi connectivity index (χ4v) is 2.86. The fraction of sp³-hybridized carbons (Fsp3) is 0.412. The molecule has 24 heavy (non-hydrogen) atoms. The Labute approximate surface area is 145 Å². The lowest BCUT2D eigenvalue weighted by molar-refractivity contribution is -0.126. The Balaban J connectivity index is 1.45. The summed E-state index contributed by atoms with van der Waals surface area (Å²) in [7, 11) is 1.62. The number of aryl methyl sites for hydroxylation is 1. The Kier molecular flexibility index (Phi) is 5.25. The zero-order valence-electron chi connectivity index (χ0n) is 13.5. The SMILES string of the molecule is COc1ccc2c(c1)OC[C@H](C(=O)NCCCn1cc(Cl)cn1)C2. The molecule has 1 amide bonds. The number of methoxy groups -OCH3 is 1. The molecule has 7 heteroatoms. The predicted octanol–water partition coefficient (Wildman–Crippen LogP) is 2.30. The highest BCUT2D eigenvalue weighted by molar-refractivity contribution is 6.30. The molecule has 1 aromatic carbocycles. The van der Waals surface area contributed by atoms with Gasteiger partial charge in [-0.25, -0.2) is 0 Å². The molecule has 0 saturated carbocycles. The highest BCUT2D eigenvalue weighted by Crippen LogP contribution is 2.31. The van der Waals surface area contributed by atoms with Crippen LogP contribution in [0.1, 0.15) is 12.0 Å². The van der Waals surface area contributed by atoms with Gasteiger partial charge in [0.25, 0.3) is 0 Å². The van der Waals surface area contributed by atoms with Crippen LogP contribution in [-0.2, 0) is 17.8 Å². The van der Waals surface area contributed by atoms with Crippen LogP contribution in [-0.4, -0.2) is 35.9 Å². The van der Waals surface area contributed by atoms with Gasteiger partial charge < -0.3 is 14.8 Å². The molecule has 0 saturated heterocycles. The quantitative estimate of drug-likeness (QED) is 0.813. The van der Waals surface area contributed by atoms with Gasteiger partial charge in [-0.3, -0.25) is 9.48 Å². The van der Waals surface area contributed by atoms with E-state index in [9.17, 15) is 4.79 Å². The number of amides is 1. The van der Waals surface area contributed by atoms with Crippen molar-refractivity contribution in [2.75, 3.05) is 20.3 Å². The van der Waals surface area contributed by atoms with Crippen molar-refractivity contribution >= 4 is 17.5 Å². The molecule has 0 radical (unpaired) electrons. The minimum Gasteiger partial charge on any atom is -0.497 e. The highest BCUT2D eigenvalue weighted by Gasteiger charge is 2.26. The van der Waals surface area contributed by atoms with Gasteiger partial charge in [0.1, 0.15) is 18.1 Å². The molecule has 1 aliphatic heterocycles. The third-order valence-electron chi connectivity index (χ3n) is 4.02. The first-order chi connectivity index (χ1) is 11.7. The maximum Gasteiger partial charge on any atom is 0.226 e. The lowest BCUT2D eigenvalue weighted by atomic mass is 9.96. The highest BCUT2D eigenvalue weighted by atomic mass is 35.5. The first-order valence-electron chi connectivity index (χ1n) is 7.91. The third-order valence-corrected chi connectivity index (χ3v) is 4.21. The summed E-state index contributed by atoms with van der Waals surface area (Å²) in [5.41, 5.74) is 1.04. The first-order valence-corrected chi connectivity index (χ1v) is 8.29. The Morgan fingerprint density at radius 3 is 3.17 bits per heavy atom. The molecule has 1 atom stereocenters. The second-order valence-electron chi connectivity index (χ2n) is 5.75. The summed E-state index contributed by atoms with van der Waals surface area (Å²) >= 11 is 5.81. The van der Waals surface area contributed by atoms with Crippen LogP contribution in [0.5, 0.6) is 11.5 Å². The van der Waals surface area contributed by atoms with Gasteiger partial charge in [0.2, 0.25) is 5.91 Å². The number of carbonyl (C=O) groups is 1. The lowest BCUT2D eigenvalue weighted by Crippen LogP contribution is -2.38. The van der Waals surface area contributed by atoms with Gasteiger partial charge >= 0.3 is 0 Å². The maximum atomic E-state index is 12.3. The summed E-state index contributed by atoms with van der Waals surface area (Å²) in [5, 5.41) is 7.69. The summed E-state index contributed by atoms with van der Waals surface area (Å²) in [6.07, 6.45) is 4.85.